The van der Waals surface area contributed by atoms with Gasteiger partial charge in [0.25, 0.3) is 11.8 Å². The molecule has 0 aromatic carbocycles. The Labute approximate surface area is 402 Å². The van der Waals surface area contributed by atoms with Gasteiger partial charge in [0.05, 0.1) is 32.3 Å². The van der Waals surface area contributed by atoms with Crippen molar-refractivity contribution in [2.75, 3.05) is 0 Å². The van der Waals surface area contributed by atoms with Gasteiger partial charge in [-0.25, -0.2) is 0 Å². The van der Waals surface area contributed by atoms with Crippen molar-refractivity contribution in [2.24, 2.45) is 23.7 Å². The molecular weight excluding hydrogens is 861 g/mol. The molecule has 2 amide bonds. The number of carbonyl (C=O) groups is 2. The van der Waals surface area contributed by atoms with E-state index in [0.717, 1.165) is 16.2 Å². The summed E-state index contributed by atoms with van der Waals surface area (Å²) in [5, 5.41) is 11.3. The zero-order chi connectivity index (χ0) is 45.2. The van der Waals surface area contributed by atoms with Gasteiger partial charge in [0.1, 0.15) is 0 Å². The third-order valence-corrected chi connectivity index (χ3v) is 20.7. The Hall–Kier alpha value is -2.78. The number of nitrogens with one attached hydrogen (secondary N) is 2. The third-order valence-electron chi connectivity index (χ3n) is 16.2. The van der Waals surface area contributed by atoms with Crippen LogP contribution in [0.2, 0.25) is 0 Å². The fraction of sp³-hybridized carbons (Fsp3) is 0.607. The minimum absolute atomic E-state index is 0.0528. The van der Waals surface area contributed by atoms with Crippen molar-refractivity contribution in [3.63, 3.8) is 0 Å². The highest BCUT2D eigenvalue weighted by Gasteiger charge is 2.52. The lowest BCUT2D eigenvalue weighted by atomic mass is 9.61. The van der Waals surface area contributed by atoms with Crippen LogP contribution in [0.3, 0.4) is 0 Å². The number of hydrogen-bond acceptors (Lipinski definition) is 6. The molecule has 5 atom stereocenters. The first kappa shape index (κ1) is 47.7. The lowest BCUT2D eigenvalue weighted by Crippen LogP contribution is -2.36. The molecule has 0 bridgehead atoms. The lowest BCUT2D eigenvalue weighted by Gasteiger charge is -2.41. The van der Waals surface area contributed by atoms with Crippen molar-refractivity contribution < 1.29 is 9.59 Å². The quantitative estimate of drug-likeness (QED) is 0.0616. The molecule has 2 aliphatic carbocycles. The van der Waals surface area contributed by atoms with E-state index in [0.29, 0.717) is 46.2 Å². The predicted octanol–water partition coefficient (Wildman–Crippen LogP) is 17.3. The van der Waals surface area contributed by atoms with Crippen LogP contribution in [0.15, 0.2) is 46.2 Å². The number of thiophene rings is 4. The van der Waals surface area contributed by atoms with Gasteiger partial charge in [0.2, 0.25) is 0 Å². The Morgan fingerprint density at radius 3 is 1.47 bits per heavy atom. The van der Waals surface area contributed by atoms with Crippen LogP contribution in [0.25, 0.3) is 30.9 Å². The van der Waals surface area contributed by atoms with Gasteiger partial charge in [0, 0.05) is 30.3 Å². The molecule has 4 aromatic rings. The second-order valence-corrected chi connectivity index (χ2v) is 23.9. The van der Waals surface area contributed by atoms with Crippen LogP contribution in [0.5, 0.6) is 0 Å². The van der Waals surface area contributed by atoms with Crippen LogP contribution in [0.1, 0.15) is 216 Å². The van der Waals surface area contributed by atoms with E-state index in [1.165, 1.54) is 158 Å². The van der Waals surface area contributed by atoms with Gasteiger partial charge in [-0.1, -0.05) is 158 Å². The maximum absolute atomic E-state index is 14.5. The van der Waals surface area contributed by atoms with E-state index in [1.807, 2.05) is 22.7 Å². The highest BCUT2D eigenvalue weighted by Crippen LogP contribution is 2.64. The second-order valence-electron chi connectivity index (χ2n) is 20.0. The smallest absolute Gasteiger partial charge is 0.258 e. The molecule has 6 heterocycles. The van der Waals surface area contributed by atoms with E-state index in [9.17, 15) is 9.59 Å². The third kappa shape index (κ3) is 8.33. The standard InChI is InChI=1S/C56H76N2O2S4/c1-9-17-21-25-38(16-8)56(34-37(15-7)24-20-12-4)40-27-29-62-50(40)52-42(56)31-44(64-52)48-46-45(53(59)58-48)47(57-54(46)60)43-30-41-51(63-43)49-39(26-28-61-49)55(41,32-35(13-5)22-18-10-2)33-36(14-6)23-19-11-3/h26-31,35-38H,9-25,32-34H2,1-8H3,(H,57,60)(H,58,59). The number of amides is 2. The Balaban J connectivity index is 1.23. The van der Waals surface area contributed by atoms with Gasteiger partial charge >= 0.3 is 0 Å². The molecule has 8 heteroatoms. The molecule has 8 rings (SSSR count). The summed E-state index contributed by atoms with van der Waals surface area (Å²) in [7, 11) is 0. The van der Waals surface area contributed by atoms with E-state index in [1.54, 1.807) is 28.2 Å². The maximum Gasteiger partial charge on any atom is 0.258 e. The first-order valence-corrected chi connectivity index (χ1v) is 29.1. The van der Waals surface area contributed by atoms with Crippen molar-refractivity contribution in [1.29, 1.82) is 0 Å². The van der Waals surface area contributed by atoms with Crippen LogP contribution < -0.4 is 10.6 Å². The Morgan fingerprint density at radius 1 is 0.500 bits per heavy atom. The van der Waals surface area contributed by atoms with Crippen LogP contribution in [-0.4, -0.2) is 11.8 Å². The van der Waals surface area contributed by atoms with Crippen LogP contribution >= 0.6 is 45.3 Å². The highest BCUT2D eigenvalue weighted by atomic mass is 32.1. The first-order chi connectivity index (χ1) is 31.2. The molecule has 64 heavy (non-hydrogen) atoms. The molecule has 0 radical (unpaired) electrons. The number of hydrogen-bond donors (Lipinski definition) is 2. The molecule has 4 aromatic heterocycles. The minimum atomic E-state index is -0.153. The van der Waals surface area contributed by atoms with Crippen molar-refractivity contribution in [2.45, 2.75) is 195 Å². The van der Waals surface area contributed by atoms with Crippen molar-refractivity contribution in [3.05, 3.63) is 78.2 Å². The second kappa shape index (κ2) is 20.6. The van der Waals surface area contributed by atoms with Gasteiger partial charge in [-0.05, 0) is 107 Å². The van der Waals surface area contributed by atoms with E-state index < -0.39 is 0 Å². The van der Waals surface area contributed by atoms with Gasteiger partial charge in [0.15, 0.2) is 0 Å². The predicted molar refractivity (Wildman–Crippen MR) is 279 cm³/mol. The Bertz CT molecular complexity index is 2330. The summed E-state index contributed by atoms with van der Waals surface area (Å²) in [6.45, 7) is 18.9. The van der Waals surface area contributed by atoms with Crippen LogP contribution in [-0.2, 0) is 20.4 Å². The number of rotatable bonds is 26. The van der Waals surface area contributed by atoms with Gasteiger partial charge < -0.3 is 10.6 Å². The summed E-state index contributed by atoms with van der Waals surface area (Å²) < 4.78 is 0. The monoisotopic (exact) mass is 936 g/mol. The fourth-order valence-electron chi connectivity index (χ4n) is 12.7. The summed E-state index contributed by atoms with van der Waals surface area (Å²) in [6.07, 6.45) is 24.5. The minimum Gasteiger partial charge on any atom is -0.320 e. The molecule has 4 nitrogen and oxygen atoms in total. The SMILES string of the molecule is CCCCCC(CC)C1(CC(CC)CCCC)c2ccsc2-c2sc(C3=C4C(=O)NC(c5cc6c(s5)-c5sccc5C6(CC(CC)CCCC)CC(CC)CCCC)=C4C(=O)N3)cc21. The molecule has 5 unspecified atom stereocenters. The molecule has 346 valence electrons. The maximum atomic E-state index is 14.5. The topological polar surface area (TPSA) is 58.2 Å². The largest absolute Gasteiger partial charge is 0.320 e. The van der Waals surface area contributed by atoms with Gasteiger partial charge in [-0.2, -0.15) is 0 Å². The van der Waals surface area contributed by atoms with Crippen LogP contribution in [0.4, 0.5) is 0 Å². The molecule has 0 saturated carbocycles. The average molecular weight is 938 g/mol. The molecule has 0 saturated heterocycles. The van der Waals surface area contributed by atoms with Gasteiger partial charge in [-0.15, -0.1) is 45.3 Å². The van der Waals surface area contributed by atoms with Crippen LogP contribution in [0, 0.1) is 23.7 Å². The number of fused-ring (bicyclic) bond motifs is 7. The van der Waals surface area contributed by atoms with Crippen molar-refractivity contribution >= 4 is 68.6 Å². The summed E-state index contributed by atoms with van der Waals surface area (Å²) in [6, 6.07) is 9.74. The summed E-state index contributed by atoms with van der Waals surface area (Å²) in [4.78, 5) is 36.5. The summed E-state index contributed by atoms with van der Waals surface area (Å²) >= 11 is 7.37. The van der Waals surface area contributed by atoms with E-state index in [4.69, 9.17) is 0 Å². The molecule has 2 aliphatic heterocycles. The molecule has 2 N–H and O–H groups in total. The molecule has 0 fully saturated rings. The zero-order valence-electron chi connectivity index (χ0n) is 40.4. The molecule has 4 aliphatic rings. The summed E-state index contributed by atoms with van der Waals surface area (Å²) in [5.74, 6) is 2.19. The van der Waals surface area contributed by atoms with E-state index in [2.05, 4.69) is 101 Å². The number of unbranched alkanes of at least 4 members (excludes halogenated alkanes) is 5. The zero-order valence-corrected chi connectivity index (χ0v) is 43.6. The Morgan fingerprint density at radius 2 is 0.969 bits per heavy atom. The molecule has 0 spiro atoms. The van der Waals surface area contributed by atoms with Gasteiger partial charge in [-0.3, -0.25) is 9.59 Å². The first-order valence-electron chi connectivity index (χ1n) is 25.8. The number of carbonyl (C=O) groups excluding carboxylic acids is 2. The fourth-order valence-corrected chi connectivity index (χ4v) is 17.5. The molecular formula is C56H76N2O2S4. The highest BCUT2D eigenvalue weighted by molar-refractivity contribution is 7.23. The van der Waals surface area contributed by atoms with E-state index >= 15 is 0 Å². The van der Waals surface area contributed by atoms with Crippen molar-refractivity contribution in [3.8, 4) is 19.5 Å². The Kier molecular flexibility index (Phi) is 15.4. The normalized spacial score (nSPS) is 21.5. The van der Waals surface area contributed by atoms with E-state index in [-0.39, 0.29) is 22.6 Å². The van der Waals surface area contributed by atoms with Crippen molar-refractivity contribution in [1.82, 2.24) is 10.6 Å². The average Bonchev–Trinajstić information content (AvgIpc) is 4.17. The lowest BCUT2D eigenvalue weighted by molar-refractivity contribution is -0.117. The summed E-state index contributed by atoms with van der Waals surface area (Å²) in [5.41, 5.74) is 8.35.